The van der Waals surface area contributed by atoms with Crippen LogP contribution in [0.1, 0.15) is 30.4 Å². The quantitative estimate of drug-likeness (QED) is 0.728. The first-order chi connectivity index (χ1) is 13.2. The molecule has 2 aliphatic rings. The fourth-order valence-electron chi connectivity index (χ4n) is 4.32. The standard InChI is InChI=1S/C19H23F3N2O4/c1-27-17(26)15-11-16(25)24(28-2)18(15)6-8-23(9-7-18)12-13-4-3-5-14(10-13)19(20,21)22/h3-5,10,15H,6-9,11-12H2,1-2H3. The van der Waals surface area contributed by atoms with Crippen molar-refractivity contribution in [3.63, 3.8) is 0 Å². The average molecular weight is 400 g/mol. The Bertz CT molecular complexity index is 743. The normalized spacial score (nSPS) is 22.7. The van der Waals surface area contributed by atoms with Crippen molar-refractivity contribution >= 4 is 11.9 Å². The minimum Gasteiger partial charge on any atom is -0.469 e. The minimum absolute atomic E-state index is 0.0359. The van der Waals surface area contributed by atoms with Crippen molar-refractivity contribution in [2.75, 3.05) is 27.3 Å². The van der Waals surface area contributed by atoms with Gasteiger partial charge in [-0.2, -0.15) is 13.2 Å². The number of amides is 1. The van der Waals surface area contributed by atoms with Crippen molar-refractivity contribution in [1.29, 1.82) is 0 Å². The molecule has 0 bridgehead atoms. The van der Waals surface area contributed by atoms with E-state index in [1.165, 1.54) is 25.3 Å². The molecule has 154 valence electrons. The van der Waals surface area contributed by atoms with Gasteiger partial charge < -0.3 is 4.74 Å². The zero-order valence-electron chi connectivity index (χ0n) is 15.8. The van der Waals surface area contributed by atoms with Crippen molar-refractivity contribution < 1.29 is 32.3 Å². The SMILES string of the molecule is COC(=O)C1CC(=O)N(OC)C12CCN(Cc1cccc(C(F)(F)F)c1)CC2. The van der Waals surface area contributed by atoms with E-state index in [1.54, 1.807) is 6.07 Å². The summed E-state index contributed by atoms with van der Waals surface area (Å²) in [5.74, 6) is -1.32. The van der Waals surface area contributed by atoms with E-state index in [1.807, 2.05) is 4.90 Å². The lowest BCUT2D eigenvalue weighted by molar-refractivity contribution is -0.210. The van der Waals surface area contributed by atoms with Crippen LogP contribution < -0.4 is 0 Å². The van der Waals surface area contributed by atoms with Crippen LogP contribution in [0.15, 0.2) is 24.3 Å². The number of carbonyl (C=O) groups excluding carboxylic acids is 2. The van der Waals surface area contributed by atoms with E-state index in [-0.39, 0.29) is 12.3 Å². The predicted octanol–water partition coefficient (Wildman–Crippen LogP) is 2.62. The molecule has 1 atom stereocenters. The Morgan fingerprint density at radius 2 is 1.93 bits per heavy atom. The maximum absolute atomic E-state index is 12.9. The van der Waals surface area contributed by atoms with E-state index in [2.05, 4.69) is 0 Å². The number of rotatable bonds is 4. The van der Waals surface area contributed by atoms with Gasteiger partial charge in [0.15, 0.2) is 0 Å². The predicted molar refractivity (Wildman–Crippen MR) is 92.7 cm³/mol. The Labute approximate surface area is 161 Å². The number of benzene rings is 1. The summed E-state index contributed by atoms with van der Waals surface area (Å²) in [5, 5.41) is 1.29. The maximum Gasteiger partial charge on any atom is 0.416 e. The van der Waals surface area contributed by atoms with Gasteiger partial charge in [0.25, 0.3) is 0 Å². The number of alkyl halides is 3. The lowest BCUT2D eigenvalue weighted by atomic mass is 9.77. The van der Waals surface area contributed by atoms with Gasteiger partial charge in [-0.25, -0.2) is 5.06 Å². The summed E-state index contributed by atoms with van der Waals surface area (Å²) >= 11 is 0. The van der Waals surface area contributed by atoms with Crippen LogP contribution in [0.2, 0.25) is 0 Å². The van der Waals surface area contributed by atoms with Crippen LogP contribution >= 0.6 is 0 Å². The van der Waals surface area contributed by atoms with Gasteiger partial charge in [-0.15, -0.1) is 0 Å². The average Bonchev–Trinajstić information content (AvgIpc) is 2.94. The first-order valence-corrected chi connectivity index (χ1v) is 9.05. The number of nitrogens with zero attached hydrogens (tertiary/aromatic N) is 2. The second-order valence-corrected chi connectivity index (χ2v) is 7.23. The van der Waals surface area contributed by atoms with E-state index in [0.29, 0.717) is 38.0 Å². The van der Waals surface area contributed by atoms with Crippen molar-refractivity contribution in [3.05, 3.63) is 35.4 Å². The van der Waals surface area contributed by atoms with Gasteiger partial charge in [-0.3, -0.25) is 19.3 Å². The van der Waals surface area contributed by atoms with Crippen molar-refractivity contribution in [3.8, 4) is 0 Å². The van der Waals surface area contributed by atoms with E-state index >= 15 is 0 Å². The summed E-state index contributed by atoms with van der Waals surface area (Å²) in [6, 6.07) is 5.27. The Kier molecular flexibility index (Phi) is 5.67. The number of hydroxylamine groups is 2. The molecule has 3 rings (SSSR count). The van der Waals surface area contributed by atoms with Gasteiger partial charge in [0.05, 0.1) is 31.2 Å². The van der Waals surface area contributed by atoms with Crippen LogP contribution in [0.4, 0.5) is 13.2 Å². The summed E-state index contributed by atoms with van der Waals surface area (Å²) in [7, 11) is 2.69. The number of ether oxygens (including phenoxy) is 1. The van der Waals surface area contributed by atoms with Gasteiger partial charge in [-0.1, -0.05) is 18.2 Å². The monoisotopic (exact) mass is 400 g/mol. The molecule has 1 unspecified atom stereocenters. The number of hydrogen-bond donors (Lipinski definition) is 0. The van der Waals surface area contributed by atoms with E-state index in [4.69, 9.17) is 9.57 Å². The zero-order valence-corrected chi connectivity index (χ0v) is 15.8. The molecular formula is C19H23F3N2O4. The number of esters is 1. The molecule has 6 nitrogen and oxygen atoms in total. The highest BCUT2D eigenvalue weighted by Gasteiger charge is 2.58. The van der Waals surface area contributed by atoms with Crippen LogP contribution in [0.5, 0.6) is 0 Å². The van der Waals surface area contributed by atoms with Crippen LogP contribution in [0.3, 0.4) is 0 Å². The zero-order chi connectivity index (χ0) is 20.5. The molecule has 0 aliphatic carbocycles. The first kappa shape index (κ1) is 20.6. The molecule has 9 heteroatoms. The maximum atomic E-state index is 12.9. The van der Waals surface area contributed by atoms with Crippen LogP contribution in [-0.4, -0.2) is 54.7 Å². The molecule has 2 heterocycles. The Morgan fingerprint density at radius 1 is 1.25 bits per heavy atom. The molecule has 2 saturated heterocycles. The van der Waals surface area contributed by atoms with Gasteiger partial charge in [0.1, 0.15) is 0 Å². The molecule has 0 radical (unpaired) electrons. The molecule has 1 spiro atoms. The summed E-state index contributed by atoms with van der Waals surface area (Å²) in [5.41, 5.74) is -0.874. The Balaban J connectivity index is 1.72. The third-order valence-corrected chi connectivity index (χ3v) is 5.71. The molecule has 0 aromatic heterocycles. The molecule has 0 saturated carbocycles. The summed E-state index contributed by atoms with van der Waals surface area (Å²) < 4.78 is 43.6. The van der Waals surface area contributed by atoms with E-state index < -0.39 is 29.2 Å². The Hall–Kier alpha value is -2.13. The second kappa shape index (κ2) is 7.71. The Morgan fingerprint density at radius 3 is 2.50 bits per heavy atom. The number of hydrogen-bond acceptors (Lipinski definition) is 5. The third-order valence-electron chi connectivity index (χ3n) is 5.71. The van der Waals surface area contributed by atoms with Gasteiger partial charge in [0, 0.05) is 26.1 Å². The number of piperidine rings is 1. The molecule has 28 heavy (non-hydrogen) atoms. The number of methoxy groups -OCH3 is 1. The second-order valence-electron chi connectivity index (χ2n) is 7.23. The number of carbonyl (C=O) groups is 2. The van der Waals surface area contributed by atoms with Crippen molar-refractivity contribution in [2.45, 2.75) is 37.5 Å². The molecule has 0 N–H and O–H groups in total. The number of halogens is 3. The largest absolute Gasteiger partial charge is 0.469 e. The smallest absolute Gasteiger partial charge is 0.416 e. The molecule has 1 amide bonds. The molecule has 1 aromatic rings. The van der Waals surface area contributed by atoms with Crippen molar-refractivity contribution in [2.24, 2.45) is 5.92 Å². The fraction of sp³-hybridized carbons (Fsp3) is 0.579. The first-order valence-electron chi connectivity index (χ1n) is 9.05. The van der Waals surface area contributed by atoms with E-state index in [0.717, 1.165) is 12.1 Å². The third kappa shape index (κ3) is 3.73. The highest BCUT2D eigenvalue weighted by molar-refractivity contribution is 5.88. The fourth-order valence-corrected chi connectivity index (χ4v) is 4.32. The highest BCUT2D eigenvalue weighted by atomic mass is 19.4. The van der Waals surface area contributed by atoms with Crippen LogP contribution in [0.25, 0.3) is 0 Å². The summed E-state index contributed by atoms with van der Waals surface area (Å²) in [6.07, 6.45) is -3.39. The van der Waals surface area contributed by atoms with Gasteiger partial charge in [-0.05, 0) is 24.5 Å². The van der Waals surface area contributed by atoms with Crippen LogP contribution in [0, 0.1) is 5.92 Å². The topological polar surface area (TPSA) is 59.1 Å². The lowest BCUT2D eigenvalue weighted by Crippen LogP contribution is -2.57. The van der Waals surface area contributed by atoms with Gasteiger partial charge >= 0.3 is 12.1 Å². The van der Waals surface area contributed by atoms with Gasteiger partial charge in [0.2, 0.25) is 5.91 Å². The minimum atomic E-state index is -4.38. The molecule has 1 aromatic carbocycles. The number of likely N-dealkylation sites (tertiary alicyclic amines) is 1. The lowest BCUT2D eigenvalue weighted by Gasteiger charge is -2.45. The van der Waals surface area contributed by atoms with Crippen molar-refractivity contribution in [1.82, 2.24) is 9.96 Å². The van der Waals surface area contributed by atoms with Crippen LogP contribution in [-0.2, 0) is 31.9 Å². The molecular weight excluding hydrogens is 377 g/mol. The van der Waals surface area contributed by atoms with E-state index in [9.17, 15) is 22.8 Å². The highest BCUT2D eigenvalue weighted by Crippen LogP contribution is 2.44. The molecule has 2 fully saturated rings. The molecule has 2 aliphatic heterocycles. The summed E-state index contributed by atoms with van der Waals surface area (Å²) in [4.78, 5) is 31.8. The summed E-state index contributed by atoms with van der Waals surface area (Å²) in [6.45, 7) is 1.41.